The van der Waals surface area contributed by atoms with Crippen molar-refractivity contribution < 1.29 is 9.63 Å². The normalized spacial score (nSPS) is 14.1. The minimum absolute atomic E-state index is 0.249. The van der Waals surface area contributed by atoms with E-state index in [9.17, 15) is 4.79 Å². The third-order valence-electron chi connectivity index (χ3n) is 2.97. The molecule has 2 rings (SSSR count). The van der Waals surface area contributed by atoms with Crippen molar-refractivity contribution in [1.82, 2.24) is 4.98 Å². The van der Waals surface area contributed by atoms with Crippen molar-refractivity contribution in [3.8, 4) is 0 Å². The van der Waals surface area contributed by atoms with Crippen LogP contribution in [0.3, 0.4) is 0 Å². The van der Waals surface area contributed by atoms with Gasteiger partial charge in [0, 0.05) is 5.69 Å². The van der Waals surface area contributed by atoms with Crippen molar-refractivity contribution in [2.45, 2.75) is 25.7 Å². The molecule has 1 aromatic heterocycles. The van der Waals surface area contributed by atoms with Crippen LogP contribution in [-0.4, -0.2) is 29.6 Å². The van der Waals surface area contributed by atoms with E-state index in [-0.39, 0.29) is 12.3 Å². The first kappa shape index (κ1) is 13.0. The van der Waals surface area contributed by atoms with Crippen LogP contribution >= 0.6 is 11.6 Å². The first-order valence-electron chi connectivity index (χ1n) is 5.94. The van der Waals surface area contributed by atoms with E-state index in [1.165, 1.54) is 11.1 Å². The van der Waals surface area contributed by atoms with Crippen LogP contribution in [0.1, 0.15) is 28.9 Å². The van der Waals surface area contributed by atoms with Gasteiger partial charge in [-0.05, 0) is 30.4 Å². The Bertz CT molecular complexity index is 468. The molecule has 3 N–H and O–H groups in total. The number of nitrogens with one attached hydrogen (secondary N) is 1. The predicted molar refractivity (Wildman–Crippen MR) is 70.0 cm³/mol. The average Bonchev–Trinajstić information content (AvgIpc) is 2.89. The molecule has 0 bridgehead atoms. The second kappa shape index (κ2) is 5.91. The summed E-state index contributed by atoms with van der Waals surface area (Å²) in [6, 6.07) is 0. The molecule has 0 aromatic carbocycles. The van der Waals surface area contributed by atoms with Crippen LogP contribution in [0.4, 0.5) is 0 Å². The van der Waals surface area contributed by atoms with Crippen LogP contribution in [0.25, 0.3) is 0 Å². The quantitative estimate of drug-likeness (QED) is 0.351. The largest absolute Gasteiger partial charge is 0.394 e. The number of hydrogen-bond acceptors (Lipinski definition) is 3. The molecule has 1 heterocycles. The summed E-state index contributed by atoms with van der Waals surface area (Å²) in [6.07, 6.45) is 4.99. The number of H-pyrrole nitrogens is 1. The molecule has 1 aliphatic rings. The SMILES string of the molecule is NC(=O)Cc1[nH]c(/C=N/OCCCl)c2c1CCC2. The van der Waals surface area contributed by atoms with Crippen LogP contribution in [0, 0.1) is 0 Å². The number of aromatic amines is 1. The van der Waals surface area contributed by atoms with Gasteiger partial charge >= 0.3 is 0 Å². The van der Waals surface area contributed by atoms with E-state index in [1.54, 1.807) is 6.21 Å². The molecule has 5 nitrogen and oxygen atoms in total. The topological polar surface area (TPSA) is 80.5 Å². The van der Waals surface area contributed by atoms with Crippen LogP contribution < -0.4 is 5.73 Å². The van der Waals surface area contributed by atoms with E-state index < -0.39 is 0 Å². The Hall–Kier alpha value is -1.49. The van der Waals surface area contributed by atoms with E-state index >= 15 is 0 Å². The number of nitrogens with two attached hydrogens (primary N) is 1. The van der Waals surface area contributed by atoms with Crippen LogP contribution in [0.15, 0.2) is 5.16 Å². The van der Waals surface area contributed by atoms with Crippen molar-refractivity contribution in [3.05, 3.63) is 22.5 Å². The Balaban J connectivity index is 2.15. The summed E-state index contributed by atoms with van der Waals surface area (Å²) < 4.78 is 0. The number of fused-ring (bicyclic) bond motifs is 1. The van der Waals surface area contributed by atoms with Crippen LogP contribution in [0.2, 0.25) is 0 Å². The van der Waals surface area contributed by atoms with Crippen LogP contribution in [-0.2, 0) is 28.9 Å². The van der Waals surface area contributed by atoms with Crippen molar-refractivity contribution in [3.63, 3.8) is 0 Å². The molecule has 98 valence electrons. The van der Waals surface area contributed by atoms with Crippen molar-refractivity contribution in [2.24, 2.45) is 10.9 Å². The maximum atomic E-state index is 11.0. The summed E-state index contributed by atoms with van der Waals surface area (Å²) in [6.45, 7) is 0.384. The lowest BCUT2D eigenvalue weighted by Crippen LogP contribution is -2.14. The van der Waals surface area contributed by atoms with E-state index in [0.717, 1.165) is 30.7 Å². The number of carbonyl (C=O) groups excluding carboxylic acids is 1. The molecule has 0 saturated carbocycles. The van der Waals surface area contributed by atoms with Crippen molar-refractivity contribution >= 4 is 23.7 Å². The lowest BCUT2D eigenvalue weighted by Gasteiger charge is -1.97. The molecule has 1 aliphatic carbocycles. The average molecular weight is 270 g/mol. The Morgan fingerprint density at radius 2 is 2.28 bits per heavy atom. The third kappa shape index (κ3) is 2.85. The highest BCUT2D eigenvalue weighted by Crippen LogP contribution is 2.28. The van der Waals surface area contributed by atoms with Gasteiger partial charge in [0.2, 0.25) is 5.91 Å². The van der Waals surface area contributed by atoms with Gasteiger partial charge in [-0.25, -0.2) is 0 Å². The number of halogens is 1. The zero-order valence-electron chi connectivity index (χ0n) is 10.0. The summed E-state index contributed by atoms with van der Waals surface area (Å²) in [5.41, 5.74) is 9.50. The number of aromatic nitrogens is 1. The van der Waals surface area contributed by atoms with Gasteiger partial charge in [0.15, 0.2) is 0 Å². The number of oxime groups is 1. The maximum absolute atomic E-state index is 11.0. The number of primary amides is 1. The van der Waals surface area contributed by atoms with Gasteiger partial charge in [0.1, 0.15) is 6.61 Å². The maximum Gasteiger partial charge on any atom is 0.223 e. The van der Waals surface area contributed by atoms with Gasteiger partial charge in [-0.2, -0.15) is 0 Å². The van der Waals surface area contributed by atoms with E-state index in [4.69, 9.17) is 22.2 Å². The summed E-state index contributed by atoms with van der Waals surface area (Å²) in [7, 11) is 0. The van der Waals surface area contributed by atoms with Gasteiger partial charge in [-0.15, -0.1) is 11.6 Å². The zero-order chi connectivity index (χ0) is 13.0. The monoisotopic (exact) mass is 269 g/mol. The Morgan fingerprint density at radius 3 is 3.00 bits per heavy atom. The molecular formula is C12H16ClN3O2. The van der Waals surface area contributed by atoms with E-state index in [1.807, 2.05) is 0 Å². The Morgan fingerprint density at radius 1 is 1.50 bits per heavy atom. The molecule has 0 saturated heterocycles. The van der Waals surface area contributed by atoms with Crippen molar-refractivity contribution in [2.75, 3.05) is 12.5 Å². The Kier molecular flexibility index (Phi) is 4.25. The molecule has 0 spiro atoms. The third-order valence-corrected chi connectivity index (χ3v) is 3.12. The summed E-state index contributed by atoms with van der Waals surface area (Å²) in [5.74, 6) is 0.0837. The number of amides is 1. The first-order valence-corrected chi connectivity index (χ1v) is 6.48. The first-order chi connectivity index (χ1) is 8.72. The second-order valence-electron chi connectivity index (χ2n) is 4.23. The zero-order valence-corrected chi connectivity index (χ0v) is 10.8. The Labute approximate surface area is 110 Å². The van der Waals surface area contributed by atoms with E-state index in [2.05, 4.69) is 10.1 Å². The number of alkyl halides is 1. The van der Waals surface area contributed by atoms with Gasteiger partial charge < -0.3 is 15.6 Å². The minimum atomic E-state index is -0.326. The fourth-order valence-corrected chi connectivity index (χ4v) is 2.37. The van der Waals surface area contributed by atoms with Gasteiger partial charge in [0.25, 0.3) is 0 Å². The highest BCUT2D eigenvalue weighted by atomic mass is 35.5. The standard InChI is InChI=1S/C12H16ClN3O2/c13-4-5-18-15-7-11-9-3-1-2-8(9)10(16-11)6-12(14)17/h7,16H,1-6H2,(H2,14,17)/b15-7+. The van der Waals surface area contributed by atoms with Crippen molar-refractivity contribution in [1.29, 1.82) is 0 Å². The minimum Gasteiger partial charge on any atom is -0.394 e. The number of carbonyl (C=O) groups is 1. The fourth-order valence-electron chi connectivity index (χ4n) is 2.30. The smallest absolute Gasteiger partial charge is 0.223 e. The second-order valence-corrected chi connectivity index (χ2v) is 4.61. The summed E-state index contributed by atoms with van der Waals surface area (Å²) >= 11 is 5.48. The highest BCUT2D eigenvalue weighted by molar-refractivity contribution is 6.17. The van der Waals surface area contributed by atoms with Gasteiger partial charge in [-0.3, -0.25) is 4.79 Å². The van der Waals surface area contributed by atoms with Gasteiger partial charge in [-0.1, -0.05) is 5.16 Å². The predicted octanol–water partition coefficient (Wildman–Crippen LogP) is 1.12. The van der Waals surface area contributed by atoms with Crippen LogP contribution in [0.5, 0.6) is 0 Å². The molecule has 18 heavy (non-hydrogen) atoms. The fraction of sp³-hybridized carbons (Fsp3) is 0.500. The molecule has 1 amide bonds. The lowest BCUT2D eigenvalue weighted by molar-refractivity contribution is -0.117. The number of nitrogens with zero attached hydrogens (tertiary/aromatic N) is 1. The lowest BCUT2D eigenvalue weighted by atomic mass is 10.1. The molecule has 0 atom stereocenters. The molecule has 0 radical (unpaired) electrons. The van der Waals surface area contributed by atoms with E-state index in [0.29, 0.717) is 12.5 Å². The summed E-state index contributed by atoms with van der Waals surface area (Å²) in [5, 5.41) is 3.84. The number of hydrogen-bond donors (Lipinski definition) is 2. The molecular weight excluding hydrogens is 254 g/mol. The van der Waals surface area contributed by atoms with Gasteiger partial charge in [0.05, 0.1) is 24.2 Å². The molecule has 0 aliphatic heterocycles. The molecule has 0 unspecified atom stereocenters. The molecule has 1 aromatic rings. The number of rotatable bonds is 6. The molecule has 0 fully saturated rings. The highest BCUT2D eigenvalue weighted by Gasteiger charge is 2.21. The molecule has 6 heteroatoms. The summed E-state index contributed by atoms with van der Waals surface area (Å²) in [4.78, 5) is 19.2.